The number of thiocarbonyl (C=S) groups is 1. The third-order valence-corrected chi connectivity index (χ3v) is 5.65. The van der Waals surface area contributed by atoms with E-state index in [1.54, 1.807) is 14.2 Å². The second-order valence-electron chi connectivity index (χ2n) is 7.62. The van der Waals surface area contributed by atoms with Crippen molar-refractivity contribution >= 4 is 34.6 Å². The third-order valence-electron chi connectivity index (χ3n) is 5.43. The number of carbonyl (C=O) groups is 1. The highest BCUT2D eigenvalue weighted by atomic mass is 32.1. The minimum absolute atomic E-state index is 0.236. The monoisotopic (exact) mass is 459 g/mol. The number of amides is 1. The first-order chi connectivity index (χ1) is 16.0. The van der Waals surface area contributed by atoms with Gasteiger partial charge >= 0.3 is 0 Å². The highest BCUT2D eigenvalue weighted by Gasteiger charge is 2.32. The Balaban J connectivity index is 1.84. The molecule has 3 N–H and O–H groups in total. The van der Waals surface area contributed by atoms with Crippen LogP contribution in [0.5, 0.6) is 11.5 Å². The van der Waals surface area contributed by atoms with Gasteiger partial charge in [-0.2, -0.15) is 0 Å². The van der Waals surface area contributed by atoms with Gasteiger partial charge in [-0.25, -0.2) is 0 Å². The van der Waals surface area contributed by atoms with Crippen LogP contribution in [0, 0.1) is 6.92 Å². The van der Waals surface area contributed by atoms with Crippen molar-refractivity contribution in [2.24, 2.45) is 0 Å². The molecule has 0 radical (unpaired) electrons. The molecule has 0 aromatic heterocycles. The van der Waals surface area contributed by atoms with Crippen LogP contribution in [0.1, 0.15) is 22.7 Å². The summed E-state index contributed by atoms with van der Waals surface area (Å²) in [5.74, 6) is 0.941. The van der Waals surface area contributed by atoms with Crippen LogP contribution in [-0.2, 0) is 4.79 Å². The SMILES string of the molecule is COc1ccc(C2NC(=S)NC(c3ccccc3)=C2C(=O)Nc2ccc(C)cc2)cc1OC. The number of methoxy groups -OCH3 is 2. The summed E-state index contributed by atoms with van der Waals surface area (Å²) in [6.07, 6.45) is 0. The molecule has 6 nitrogen and oxygen atoms in total. The van der Waals surface area contributed by atoms with Gasteiger partial charge in [0.2, 0.25) is 0 Å². The van der Waals surface area contributed by atoms with E-state index >= 15 is 0 Å². The van der Waals surface area contributed by atoms with E-state index < -0.39 is 6.04 Å². The Hall–Kier alpha value is -3.84. The average molecular weight is 460 g/mol. The maximum absolute atomic E-state index is 13.7. The van der Waals surface area contributed by atoms with Gasteiger partial charge in [0.1, 0.15) is 0 Å². The number of rotatable bonds is 6. The van der Waals surface area contributed by atoms with Crippen LogP contribution in [0.2, 0.25) is 0 Å². The number of hydrogen-bond acceptors (Lipinski definition) is 4. The van der Waals surface area contributed by atoms with Crippen molar-refractivity contribution in [2.75, 3.05) is 19.5 Å². The van der Waals surface area contributed by atoms with Gasteiger partial charge in [-0.3, -0.25) is 4.79 Å². The molecule has 33 heavy (non-hydrogen) atoms. The molecule has 1 heterocycles. The molecule has 0 saturated carbocycles. The Labute approximate surface area is 198 Å². The third kappa shape index (κ3) is 4.83. The van der Waals surface area contributed by atoms with Gasteiger partial charge in [0.05, 0.1) is 31.5 Å². The second-order valence-corrected chi connectivity index (χ2v) is 8.03. The van der Waals surface area contributed by atoms with Gasteiger partial charge in [-0.05, 0) is 54.5 Å². The summed E-state index contributed by atoms with van der Waals surface area (Å²) in [5, 5.41) is 9.90. The standard InChI is InChI=1S/C26H25N3O3S/c1-16-9-12-19(13-10-16)27-25(30)22-23(17-7-5-4-6-8-17)28-26(33)29-24(22)18-11-14-20(31-2)21(15-18)32-3/h4-15,24H,1-3H3,(H,27,30)(H2,28,29,33). The van der Waals surface area contributed by atoms with Crippen molar-refractivity contribution in [3.63, 3.8) is 0 Å². The van der Waals surface area contributed by atoms with E-state index in [2.05, 4.69) is 16.0 Å². The van der Waals surface area contributed by atoms with Gasteiger partial charge in [0.25, 0.3) is 5.91 Å². The Morgan fingerprint density at radius 2 is 1.64 bits per heavy atom. The van der Waals surface area contributed by atoms with Crippen molar-refractivity contribution in [1.82, 2.24) is 10.6 Å². The van der Waals surface area contributed by atoms with Crippen molar-refractivity contribution in [2.45, 2.75) is 13.0 Å². The molecule has 1 atom stereocenters. The predicted molar refractivity (Wildman–Crippen MR) is 134 cm³/mol. The summed E-state index contributed by atoms with van der Waals surface area (Å²) < 4.78 is 10.9. The number of carbonyl (C=O) groups excluding carboxylic acids is 1. The van der Waals surface area contributed by atoms with Gasteiger partial charge in [0, 0.05) is 5.69 Å². The largest absolute Gasteiger partial charge is 0.493 e. The number of hydrogen-bond donors (Lipinski definition) is 3. The van der Waals surface area contributed by atoms with E-state index in [1.807, 2.05) is 79.7 Å². The van der Waals surface area contributed by atoms with E-state index in [9.17, 15) is 4.79 Å². The summed E-state index contributed by atoms with van der Waals surface area (Å²) >= 11 is 5.51. The Bertz CT molecular complexity index is 1210. The quantitative estimate of drug-likeness (QED) is 0.469. The lowest BCUT2D eigenvalue weighted by Gasteiger charge is -2.32. The maximum Gasteiger partial charge on any atom is 0.256 e. The number of ether oxygens (including phenoxy) is 2. The van der Waals surface area contributed by atoms with Gasteiger partial charge in [-0.1, -0.05) is 54.1 Å². The normalized spacial score (nSPS) is 15.4. The van der Waals surface area contributed by atoms with Gasteiger partial charge in [-0.15, -0.1) is 0 Å². The van der Waals surface area contributed by atoms with E-state index in [-0.39, 0.29) is 5.91 Å². The number of aryl methyl sites for hydroxylation is 1. The fourth-order valence-corrected chi connectivity index (χ4v) is 3.98. The summed E-state index contributed by atoms with van der Waals surface area (Å²) in [6, 6.07) is 22.4. The molecule has 4 rings (SSSR count). The molecule has 0 fully saturated rings. The Morgan fingerprint density at radius 1 is 0.939 bits per heavy atom. The Morgan fingerprint density at radius 3 is 2.30 bits per heavy atom. The highest BCUT2D eigenvalue weighted by molar-refractivity contribution is 7.80. The lowest BCUT2D eigenvalue weighted by molar-refractivity contribution is -0.113. The highest BCUT2D eigenvalue weighted by Crippen LogP contribution is 2.36. The van der Waals surface area contributed by atoms with Gasteiger partial charge < -0.3 is 25.4 Å². The van der Waals surface area contributed by atoms with E-state index in [4.69, 9.17) is 21.7 Å². The fraction of sp³-hybridized carbons (Fsp3) is 0.154. The van der Waals surface area contributed by atoms with Crippen LogP contribution in [-0.4, -0.2) is 25.2 Å². The second kappa shape index (κ2) is 9.75. The van der Waals surface area contributed by atoms with Crippen molar-refractivity contribution in [3.8, 4) is 11.5 Å². The molecule has 1 aliphatic heterocycles. The number of nitrogens with one attached hydrogen (secondary N) is 3. The van der Waals surface area contributed by atoms with Crippen LogP contribution >= 0.6 is 12.2 Å². The molecule has 0 aliphatic carbocycles. The van der Waals surface area contributed by atoms with E-state index in [0.717, 1.165) is 16.7 Å². The fourth-order valence-electron chi connectivity index (χ4n) is 3.76. The number of benzene rings is 3. The van der Waals surface area contributed by atoms with Crippen molar-refractivity contribution in [3.05, 3.63) is 95.1 Å². The van der Waals surface area contributed by atoms with Crippen LogP contribution in [0.3, 0.4) is 0 Å². The smallest absolute Gasteiger partial charge is 0.256 e. The van der Waals surface area contributed by atoms with E-state index in [1.165, 1.54) is 0 Å². The zero-order valence-electron chi connectivity index (χ0n) is 18.6. The van der Waals surface area contributed by atoms with Crippen molar-refractivity contribution in [1.29, 1.82) is 0 Å². The molecule has 7 heteroatoms. The molecule has 0 saturated heterocycles. The van der Waals surface area contributed by atoms with Gasteiger partial charge in [0.15, 0.2) is 16.6 Å². The first-order valence-corrected chi connectivity index (χ1v) is 10.9. The van der Waals surface area contributed by atoms with Crippen molar-refractivity contribution < 1.29 is 14.3 Å². The minimum Gasteiger partial charge on any atom is -0.493 e. The predicted octanol–water partition coefficient (Wildman–Crippen LogP) is 4.58. The van der Waals surface area contributed by atoms with Crippen LogP contribution < -0.4 is 25.4 Å². The minimum atomic E-state index is -0.501. The summed E-state index contributed by atoms with van der Waals surface area (Å²) in [5.41, 5.74) is 4.68. The molecule has 1 unspecified atom stereocenters. The molecular formula is C26H25N3O3S. The maximum atomic E-state index is 13.7. The zero-order chi connectivity index (χ0) is 23.4. The zero-order valence-corrected chi connectivity index (χ0v) is 19.5. The lowest BCUT2D eigenvalue weighted by Crippen LogP contribution is -2.45. The first kappa shape index (κ1) is 22.4. The Kier molecular flexibility index (Phi) is 6.60. The average Bonchev–Trinajstić information content (AvgIpc) is 2.84. The van der Waals surface area contributed by atoms with Crippen LogP contribution in [0.25, 0.3) is 5.70 Å². The van der Waals surface area contributed by atoms with Crippen LogP contribution in [0.15, 0.2) is 78.4 Å². The molecule has 1 aliphatic rings. The topological polar surface area (TPSA) is 71.6 Å². The molecule has 168 valence electrons. The molecule has 0 spiro atoms. The molecule has 1 amide bonds. The first-order valence-electron chi connectivity index (χ1n) is 10.5. The molecule has 0 bridgehead atoms. The summed E-state index contributed by atoms with van der Waals surface area (Å²) in [7, 11) is 3.17. The molecule has 3 aromatic rings. The lowest BCUT2D eigenvalue weighted by atomic mass is 9.91. The van der Waals surface area contributed by atoms with Crippen LogP contribution in [0.4, 0.5) is 5.69 Å². The molecule has 3 aromatic carbocycles. The van der Waals surface area contributed by atoms with E-state index in [0.29, 0.717) is 33.6 Å². The molecular weight excluding hydrogens is 434 g/mol. The summed E-state index contributed by atoms with van der Waals surface area (Å²) in [6.45, 7) is 2.00. The summed E-state index contributed by atoms with van der Waals surface area (Å²) in [4.78, 5) is 13.7. The number of anilines is 1.